The first-order chi connectivity index (χ1) is 11.7. The van der Waals surface area contributed by atoms with Gasteiger partial charge in [0.2, 0.25) is 0 Å². The van der Waals surface area contributed by atoms with Gasteiger partial charge in [-0.25, -0.2) is 4.98 Å². The lowest BCUT2D eigenvalue weighted by Gasteiger charge is -2.08. The summed E-state index contributed by atoms with van der Waals surface area (Å²) in [6, 6.07) is 11.7. The van der Waals surface area contributed by atoms with E-state index in [4.69, 9.17) is 4.98 Å². The van der Waals surface area contributed by atoms with Gasteiger partial charge in [0.1, 0.15) is 0 Å². The maximum atomic E-state index is 4.73. The Kier molecular flexibility index (Phi) is 4.43. The third kappa shape index (κ3) is 3.20. The van der Waals surface area contributed by atoms with Crippen molar-refractivity contribution >= 4 is 18.2 Å². The molecule has 3 rings (SSSR count). The van der Waals surface area contributed by atoms with Gasteiger partial charge in [-0.05, 0) is 53.1 Å². The molecule has 3 aromatic rings. The molecular formula is C21H17N3. The van der Waals surface area contributed by atoms with Crippen molar-refractivity contribution in [2.24, 2.45) is 0 Å². The van der Waals surface area contributed by atoms with Gasteiger partial charge in [-0.15, -0.1) is 0 Å². The number of hydrogen-bond acceptors (Lipinski definition) is 3. The Hall–Kier alpha value is -3.33. The van der Waals surface area contributed by atoms with Crippen LogP contribution in [0.5, 0.6) is 0 Å². The molecule has 3 nitrogen and oxygen atoms in total. The first kappa shape index (κ1) is 15.6. The standard InChI is InChI=1S/C21H17N3/c1-4-15-7-9-22-18(11-15)20-13-17(6-3)14-21(24-20)19-12-16(5-2)8-10-23-19/h4-14H,1-3H2. The van der Waals surface area contributed by atoms with Gasteiger partial charge in [-0.1, -0.05) is 38.0 Å². The third-order valence-electron chi connectivity index (χ3n) is 3.65. The van der Waals surface area contributed by atoms with E-state index in [1.54, 1.807) is 30.6 Å². The minimum absolute atomic E-state index is 0.775. The van der Waals surface area contributed by atoms with Gasteiger partial charge in [0.25, 0.3) is 0 Å². The molecule has 0 saturated heterocycles. The Balaban J connectivity index is 2.16. The SMILES string of the molecule is C=Cc1ccnc(-c2cc(C=C)cc(-c3cc(C=C)ccn3)n2)c1. The van der Waals surface area contributed by atoms with Crippen LogP contribution in [0, 0.1) is 0 Å². The van der Waals surface area contributed by atoms with Crippen molar-refractivity contribution in [2.45, 2.75) is 0 Å². The van der Waals surface area contributed by atoms with Crippen LogP contribution >= 0.6 is 0 Å². The van der Waals surface area contributed by atoms with Gasteiger partial charge in [0.05, 0.1) is 22.8 Å². The van der Waals surface area contributed by atoms with Gasteiger partial charge in [0.15, 0.2) is 0 Å². The maximum Gasteiger partial charge on any atom is 0.0900 e. The molecule has 116 valence electrons. The second kappa shape index (κ2) is 6.84. The van der Waals surface area contributed by atoms with E-state index >= 15 is 0 Å². The Morgan fingerprint density at radius 1 is 0.583 bits per heavy atom. The molecule has 0 spiro atoms. The van der Waals surface area contributed by atoms with E-state index in [9.17, 15) is 0 Å². The van der Waals surface area contributed by atoms with Crippen LogP contribution in [0.4, 0.5) is 0 Å². The number of hydrogen-bond donors (Lipinski definition) is 0. The minimum atomic E-state index is 0.775. The molecule has 0 aliphatic rings. The van der Waals surface area contributed by atoms with Gasteiger partial charge >= 0.3 is 0 Å². The summed E-state index contributed by atoms with van der Waals surface area (Å²) in [4.78, 5) is 13.6. The molecule has 0 aliphatic heterocycles. The quantitative estimate of drug-likeness (QED) is 0.655. The predicted octanol–water partition coefficient (Wildman–Crippen LogP) is 5.13. The van der Waals surface area contributed by atoms with E-state index in [-0.39, 0.29) is 0 Å². The summed E-state index contributed by atoms with van der Waals surface area (Å²) >= 11 is 0. The molecular weight excluding hydrogens is 294 g/mol. The fraction of sp³-hybridized carbons (Fsp3) is 0. The van der Waals surface area contributed by atoms with E-state index < -0.39 is 0 Å². The van der Waals surface area contributed by atoms with E-state index in [1.807, 2.05) is 36.4 Å². The number of aromatic nitrogens is 3. The molecule has 3 heterocycles. The van der Waals surface area contributed by atoms with Crippen LogP contribution < -0.4 is 0 Å². The van der Waals surface area contributed by atoms with Crippen molar-refractivity contribution in [3.8, 4) is 22.8 Å². The average molecular weight is 311 g/mol. The molecule has 0 amide bonds. The molecule has 3 aromatic heterocycles. The van der Waals surface area contributed by atoms with E-state index in [2.05, 4.69) is 29.7 Å². The van der Waals surface area contributed by atoms with Crippen LogP contribution in [0.15, 0.2) is 68.5 Å². The van der Waals surface area contributed by atoms with Crippen molar-refractivity contribution in [3.63, 3.8) is 0 Å². The lowest BCUT2D eigenvalue weighted by molar-refractivity contribution is 1.21. The zero-order valence-corrected chi connectivity index (χ0v) is 13.3. The number of rotatable bonds is 5. The van der Waals surface area contributed by atoms with Gasteiger partial charge in [-0.3, -0.25) is 9.97 Å². The lowest BCUT2D eigenvalue weighted by Crippen LogP contribution is -1.94. The molecule has 0 fully saturated rings. The summed E-state index contributed by atoms with van der Waals surface area (Å²) in [5, 5.41) is 0. The molecule has 3 heteroatoms. The smallest absolute Gasteiger partial charge is 0.0900 e. The van der Waals surface area contributed by atoms with Crippen LogP contribution in [0.25, 0.3) is 41.0 Å². The summed E-state index contributed by atoms with van der Waals surface area (Å²) in [6.07, 6.45) is 8.89. The van der Waals surface area contributed by atoms with Crippen molar-refractivity contribution in [3.05, 3.63) is 85.2 Å². The second-order valence-electron chi connectivity index (χ2n) is 5.23. The largest absolute Gasteiger partial charge is 0.255 e. The molecule has 0 N–H and O–H groups in total. The fourth-order valence-electron chi connectivity index (χ4n) is 2.36. The van der Waals surface area contributed by atoms with Gasteiger partial charge in [0, 0.05) is 12.4 Å². The highest BCUT2D eigenvalue weighted by molar-refractivity contribution is 5.70. The molecule has 0 unspecified atom stereocenters. The third-order valence-corrected chi connectivity index (χ3v) is 3.65. The van der Waals surface area contributed by atoms with Crippen molar-refractivity contribution in [1.29, 1.82) is 0 Å². The van der Waals surface area contributed by atoms with Crippen LogP contribution in [-0.4, -0.2) is 15.0 Å². The summed E-state index contributed by atoms with van der Waals surface area (Å²) in [5.41, 5.74) is 6.09. The highest BCUT2D eigenvalue weighted by atomic mass is 14.8. The molecule has 0 atom stereocenters. The molecule has 24 heavy (non-hydrogen) atoms. The summed E-state index contributed by atoms with van der Waals surface area (Å²) < 4.78 is 0. The molecule has 0 bridgehead atoms. The first-order valence-corrected chi connectivity index (χ1v) is 7.56. The zero-order valence-electron chi connectivity index (χ0n) is 13.3. The highest BCUT2D eigenvalue weighted by Gasteiger charge is 2.08. The first-order valence-electron chi connectivity index (χ1n) is 7.56. The topological polar surface area (TPSA) is 38.7 Å². The lowest BCUT2D eigenvalue weighted by atomic mass is 10.1. The van der Waals surface area contributed by atoms with Crippen LogP contribution in [0.2, 0.25) is 0 Å². The summed E-state index contributed by atoms with van der Waals surface area (Å²) in [6.45, 7) is 11.5. The van der Waals surface area contributed by atoms with E-state index in [0.29, 0.717) is 0 Å². The van der Waals surface area contributed by atoms with Crippen molar-refractivity contribution in [1.82, 2.24) is 15.0 Å². The van der Waals surface area contributed by atoms with Gasteiger partial charge in [-0.2, -0.15) is 0 Å². The predicted molar refractivity (Wildman–Crippen MR) is 101 cm³/mol. The highest BCUT2D eigenvalue weighted by Crippen LogP contribution is 2.24. The zero-order chi connectivity index (χ0) is 16.9. The summed E-state index contributed by atoms with van der Waals surface area (Å²) in [5.74, 6) is 0. The van der Waals surface area contributed by atoms with Crippen molar-refractivity contribution in [2.75, 3.05) is 0 Å². The normalized spacial score (nSPS) is 10.2. The minimum Gasteiger partial charge on any atom is -0.255 e. The molecule has 0 aliphatic carbocycles. The number of pyridine rings is 3. The van der Waals surface area contributed by atoms with Crippen LogP contribution in [0.3, 0.4) is 0 Å². The Morgan fingerprint density at radius 2 is 1.00 bits per heavy atom. The number of nitrogens with zero attached hydrogens (tertiary/aromatic N) is 3. The van der Waals surface area contributed by atoms with Crippen LogP contribution in [-0.2, 0) is 0 Å². The molecule has 0 saturated carbocycles. The second-order valence-corrected chi connectivity index (χ2v) is 5.23. The Bertz CT molecular complexity index is 856. The van der Waals surface area contributed by atoms with E-state index in [0.717, 1.165) is 39.5 Å². The van der Waals surface area contributed by atoms with Gasteiger partial charge < -0.3 is 0 Å². The average Bonchev–Trinajstić information content (AvgIpc) is 2.67. The monoisotopic (exact) mass is 311 g/mol. The van der Waals surface area contributed by atoms with E-state index in [1.165, 1.54) is 0 Å². The molecule has 0 aromatic carbocycles. The van der Waals surface area contributed by atoms with Crippen LogP contribution in [0.1, 0.15) is 16.7 Å². The summed E-state index contributed by atoms with van der Waals surface area (Å²) in [7, 11) is 0. The molecule has 0 radical (unpaired) electrons. The Morgan fingerprint density at radius 3 is 1.42 bits per heavy atom. The fourth-order valence-corrected chi connectivity index (χ4v) is 2.36. The Labute approximate surface area is 141 Å². The maximum absolute atomic E-state index is 4.73. The van der Waals surface area contributed by atoms with Crippen molar-refractivity contribution < 1.29 is 0 Å².